The normalized spacial score (nSPS) is 23.7. The van der Waals surface area contributed by atoms with E-state index < -0.39 is 0 Å². The third-order valence-electron chi connectivity index (χ3n) is 4.11. The maximum Gasteiger partial charge on any atom is 0.0431 e. The summed E-state index contributed by atoms with van der Waals surface area (Å²) in [4.78, 5) is 2.80. The maximum absolute atomic E-state index is 6.20. The summed E-state index contributed by atoms with van der Waals surface area (Å²) in [5, 5.41) is 4.70. The average molecular weight is 334 g/mol. The van der Waals surface area contributed by atoms with Gasteiger partial charge in [-0.3, -0.25) is 0 Å². The van der Waals surface area contributed by atoms with Crippen LogP contribution in [-0.4, -0.2) is 11.5 Å². The fourth-order valence-corrected chi connectivity index (χ4v) is 5.54. The lowest BCUT2D eigenvalue weighted by Gasteiger charge is -2.29. The molecule has 2 aromatic rings. The van der Waals surface area contributed by atoms with Crippen molar-refractivity contribution in [3.05, 3.63) is 58.6 Å². The lowest BCUT2D eigenvalue weighted by Crippen LogP contribution is -2.29. The molecule has 108 valence electrons. The second-order valence-corrected chi connectivity index (χ2v) is 8.07. The van der Waals surface area contributed by atoms with E-state index in [2.05, 4.69) is 41.7 Å². The Morgan fingerprint density at radius 3 is 2.76 bits per heavy atom. The molecule has 0 saturated carbocycles. The van der Waals surface area contributed by atoms with Gasteiger partial charge in [0.25, 0.3) is 0 Å². The molecule has 2 aliphatic rings. The fraction of sp³-hybridized carbons (Fsp3) is 0.294. The lowest BCUT2D eigenvalue weighted by molar-refractivity contribution is 0.455. The van der Waals surface area contributed by atoms with Crippen molar-refractivity contribution in [3.8, 4) is 0 Å². The molecule has 2 aliphatic heterocycles. The largest absolute Gasteiger partial charge is 0.302 e. The molecule has 0 radical (unpaired) electrons. The van der Waals surface area contributed by atoms with Crippen molar-refractivity contribution in [1.82, 2.24) is 5.32 Å². The van der Waals surface area contributed by atoms with Gasteiger partial charge in [-0.05, 0) is 47.6 Å². The summed E-state index contributed by atoms with van der Waals surface area (Å²) in [5.41, 5.74) is 2.82. The molecule has 4 rings (SSSR count). The molecule has 2 unspecified atom stereocenters. The van der Waals surface area contributed by atoms with E-state index in [4.69, 9.17) is 11.6 Å². The Kier molecular flexibility index (Phi) is 3.92. The molecule has 0 saturated heterocycles. The van der Waals surface area contributed by atoms with E-state index in [1.54, 1.807) is 0 Å². The Balaban J connectivity index is 1.61. The van der Waals surface area contributed by atoms with E-state index in [0.29, 0.717) is 12.1 Å². The predicted octanol–water partition coefficient (Wildman–Crippen LogP) is 5.31. The molecular weight excluding hydrogens is 318 g/mol. The highest BCUT2D eigenvalue weighted by Crippen LogP contribution is 2.42. The molecule has 1 nitrogen and oxygen atoms in total. The van der Waals surface area contributed by atoms with Crippen LogP contribution in [0.15, 0.2) is 52.3 Å². The van der Waals surface area contributed by atoms with Gasteiger partial charge in [0.05, 0.1) is 0 Å². The number of thioether (sulfide) groups is 2. The van der Waals surface area contributed by atoms with Gasteiger partial charge < -0.3 is 5.32 Å². The number of rotatable bonds is 2. The summed E-state index contributed by atoms with van der Waals surface area (Å²) in [6.07, 6.45) is 1.17. The first-order valence-electron chi connectivity index (χ1n) is 7.21. The van der Waals surface area contributed by atoms with Crippen LogP contribution >= 0.6 is 35.1 Å². The minimum Gasteiger partial charge on any atom is -0.302 e. The number of hydrogen-bond donors (Lipinski definition) is 1. The SMILES string of the molecule is Clc1ccc2c(c1)C(NC1CSc3ccccc31)CCS2. The number of fused-ring (bicyclic) bond motifs is 2. The van der Waals surface area contributed by atoms with Crippen molar-refractivity contribution in [2.24, 2.45) is 0 Å². The van der Waals surface area contributed by atoms with Gasteiger partial charge in [0, 0.05) is 32.7 Å². The summed E-state index contributed by atoms with van der Waals surface area (Å²) in [6, 6.07) is 15.9. The van der Waals surface area contributed by atoms with Crippen LogP contribution in [-0.2, 0) is 0 Å². The van der Waals surface area contributed by atoms with E-state index >= 15 is 0 Å². The topological polar surface area (TPSA) is 12.0 Å². The zero-order valence-electron chi connectivity index (χ0n) is 11.5. The molecule has 0 amide bonds. The smallest absolute Gasteiger partial charge is 0.0431 e. The van der Waals surface area contributed by atoms with E-state index in [1.807, 2.05) is 29.6 Å². The van der Waals surface area contributed by atoms with Gasteiger partial charge in [0.15, 0.2) is 0 Å². The van der Waals surface area contributed by atoms with Gasteiger partial charge in [-0.25, -0.2) is 0 Å². The molecule has 0 aliphatic carbocycles. The van der Waals surface area contributed by atoms with Gasteiger partial charge in [0.1, 0.15) is 0 Å². The Bertz CT molecular complexity index is 674. The van der Waals surface area contributed by atoms with Gasteiger partial charge in [0.2, 0.25) is 0 Å². The van der Waals surface area contributed by atoms with Crippen molar-refractivity contribution in [2.75, 3.05) is 11.5 Å². The van der Waals surface area contributed by atoms with Crippen LogP contribution in [0.25, 0.3) is 0 Å². The van der Waals surface area contributed by atoms with Crippen molar-refractivity contribution >= 4 is 35.1 Å². The Morgan fingerprint density at radius 2 is 1.81 bits per heavy atom. The van der Waals surface area contributed by atoms with Crippen molar-refractivity contribution in [2.45, 2.75) is 28.3 Å². The van der Waals surface area contributed by atoms with Crippen molar-refractivity contribution in [1.29, 1.82) is 0 Å². The summed E-state index contributed by atoms with van der Waals surface area (Å²) in [5.74, 6) is 2.30. The maximum atomic E-state index is 6.20. The van der Waals surface area contributed by atoms with Crippen LogP contribution in [0, 0.1) is 0 Å². The van der Waals surface area contributed by atoms with Crippen LogP contribution in [0.3, 0.4) is 0 Å². The summed E-state index contributed by atoms with van der Waals surface area (Å²) < 4.78 is 0. The Morgan fingerprint density at radius 1 is 0.952 bits per heavy atom. The van der Waals surface area contributed by atoms with Gasteiger partial charge in [-0.2, -0.15) is 0 Å². The quantitative estimate of drug-likeness (QED) is 0.799. The summed E-state index contributed by atoms with van der Waals surface area (Å²) in [7, 11) is 0. The predicted molar refractivity (Wildman–Crippen MR) is 92.6 cm³/mol. The molecule has 2 atom stereocenters. The van der Waals surface area contributed by atoms with Crippen LogP contribution in [0.5, 0.6) is 0 Å². The van der Waals surface area contributed by atoms with Crippen molar-refractivity contribution in [3.63, 3.8) is 0 Å². The van der Waals surface area contributed by atoms with Crippen LogP contribution < -0.4 is 5.32 Å². The van der Waals surface area contributed by atoms with Crippen LogP contribution in [0.2, 0.25) is 5.02 Å². The monoisotopic (exact) mass is 333 g/mol. The van der Waals surface area contributed by atoms with E-state index in [9.17, 15) is 0 Å². The standard InChI is InChI=1S/C17H16ClNS2/c18-11-5-6-17-13(9-11)14(7-8-20-17)19-15-10-21-16-4-2-1-3-12(15)16/h1-6,9,14-15,19H,7-8,10H2. The van der Waals surface area contributed by atoms with Crippen molar-refractivity contribution < 1.29 is 0 Å². The molecule has 4 heteroatoms. The van der Waals surface area contributed by atoms with Crippen LogP contribution in [0.4, 0.5) is 0 Å². The van der Waals surface area contributed by atoms with Gasteiger partial charge >= 0.3 is 0 Å². The van der Waals surface area contributed by atoms with Gasteiger partial charge in [-0.15, -0.1) is 23.5 Å². The highest BCUT2D eigenvalue weighted by molar-refractivity contribution is 7.99. The van der Waals surface area contributed by atoms with E-state index in [1.165, 1.54) is 33.1 Å². The highest BCUT2D eigenvalue weighted by Gasteiger charge is 2.28. The first kappa shape index (κ1) is 14.0. The molecule has 1 N–H and O–H groups in total. The molecule has 0 aromatic heterocycles. The Hall–Kier alpha value is -0.610. The second-order valence-electron chi connectivity index (χ2n) is 5.44. The fourth-order valence-electron chi connectivity index (χ4n) is 3.08. The zero-order valence-corrected chi connectivity index (χ0v) is 13.9. The number of benzene rings is 2. The summed E-state index contributed by atoms with van der Waals surface area (Å²) in [6.45, 7) is 0. The number of halogens is 1. The molecule has 0 fully saturated rings. The minimum atomic E-state index is 0.414. The lowest BCUT2D eigenvalue weighted by atomic mass is 10.0. The average Bonchev–Trinajstić information content (AvgIpc) is 2.91. The zero-order chi connectivity index (χ0) is 14.2. The third-order valence-corrected chi connectivity index (χ3v) is 6.65. The van der Waals surface area contributed by atoms with Crippen LogP contribution in [0.1, 0.15) is 29.6 Å². The molecule has 2 aromatic carbocycles. The first-order chi connectivity index (χ1) is 10.3. The number of hydrogen-bond acceptors (Lipinski definition) is 3. The molecule has 0 spiro atoms. The highest BCUT2D eigenvalue weighted by atomic mass is 35.5. The van der Waals surface area contributed by atoms with E-state index in [-0.39, 0.29) is 0 Å². The second kappa shape index (κ2) is 5.88. The summed E-state index contributed by atoms with van der Waals surface area (Å²) >= 11 is 10.1. The molecule has 0 bridgehead atoms. The van der Waals surface area contributed by atoms with E-state index in [0.717, 1.165) is 10.8 Å². The molecular formula is C17H16ClNS2. The molecule has 21 heavy (non-hydrogen) atoms. The first-order valence-corrected chi connectivity index (χ1v) is 9.56. The Labute approximate surface area is 138 Å². The number of nitrogens with one attached hydrogen (secondary N) is 1. The van der Waals surface area contributed by atoms with Gasteiger partial charge in [-0.1, -0.05) is 29.8 Å². The minimum absolute atomic E-state index is 0.414. The third kappa shape index (κ3) is 2.72. The molecule has 2 heterocycles.